The van der Waals surface area contributed by atoms with E-state index in [4.69, 9.17) is 23.7 Å². The number of hydrogen-bond acceptors (Lipinski definition) is 11. The maximum atomic E-state index is 13.1. The van der Waals surface area contributed by atoms with E-state index in [1.807, 2.05) is 0 Å². The summed E-state index contributed by atoms with van der Waals surface area (Å²) < 4.78 is 28.4. The Morgan fingerprint density at radius 3 is 1.06 bits per heavy atom. The second-order valence-electron chi connectivity index (χ2n) is 21.0. The Bertz CT molecular complexity index is 1250. The molecule has 1 aliphatic heterocycles. The molecule has 0 radical (unpaired) electrons. The number of esters is 3. The lowest BCUT2D eigenvalue weighted by molar-refractivity contribution is -0.301. The van der Waals surface area contributed by atoms with E-state index in [1.165, 1.54) is 186 Å². The number of carbonyl (C=O) groups is 4. The fraction of sp³-hybridized carbons (Fsp3) is 0.932. The van der Waals surface area contributed by atoms with E-state index in [-0.39, 0.29) is 25.9 Å². The number of carboxylic acid groups (broad SMARTS) is 1. The van der Waals surface area contributed by atoms with Gasteiger partial charge in [0.15, 0.2) is 24.6 Å². The molecule has 0 aromatic heterocycles. The van der Waals surface area contributed by atoms with Crippen molar-refractivity contribution in [3.63, 3.8) is 0 Å². The largest absolute Gasteiger partial charge is 0.479 e. The van der Waals surface area contributed by atoms with Crippen molar-refractivity contribution in [2.24, 2.45) is 0 Å². The molecule has 12 nitrogen and oxygen atoms in total. The number of carboxylic acids is 1. The van der Waals surface area contributed by atoms with E-state index in [1.54, 1.807) is 0 Å². The van der Waals surface area contributed by atoms with Gasteiger partial charge in [0.2, 0.25) is 0 Å². The summed E-state index contributed by atoms with van der Waals surface area (Å²) in [6.45, 7) is 6.02. The number of unbranched alkanes of at least 4 members (excludes halogenated alkanes) is 38. The molecular formula is C59H110O12. The van der Waals surface area contributed by atoms with Gasteiger partial charge >= 0.3 is 23.9 Å². The van der Waals surface area contributed by atoms with Crippen molar-refractivity contribution in [1.82, 2.24) is 0 Å². The van der Waals surface area contributed by atoms with E-state index in [2.05, 4.69) is 20.8 Å². The molecule has 1 rings (SSSR count). The normalized spacial score (nSPS) is 18.4. The fourth-order valence-corrected chi connectivity index (χ4v) is 9.55. The summed E-state index contributed by atoms with van der Waals surface area (Å²) in [5, 5.41) is 31.5. The first-order valence-electron chi connectivity index (χ1n) is 30.0. The summed E-state index contributed by atoms with van der Waals surface area (Å²) in [5.41, 5.74) is 0. The van der Waals surface area contributed by atoms with Gasteiger partial charge in [-0.05, 0) is 19.3 Å². The van der Waals surface area contributed by atoms with Gasteiger partial charge in [-0.1, -0.05) is 265 Å². The zero-order chi connectivity index (χ0) is 51.8. The maximum Gasteiger partial charge on any atom is 0.335 e. The van der Waals surface area contributed by atoms with Crippen LogP contribution in [0, 0.1) is 0 Å². The number of aliphatic carboxylic acids is 1. The number of aliphatic hydroxyl groups is 2. The van der Waals surface area contributed by atoms with Crippen molar-refractivity contribution >= 4 is 23.9 Å². The first kappa shape index (κ1) is 66.7. The smallest absolute Gasteiger partial charge is 0.335 e. The number of carbonyl (C=O) groups excluding carboxylic acids is 3. The van der Waals surface area contributed by atoms with Crippen molar-refractivity contribution in [3.8, 4) is 0 Å². The summed E-state index contributed by atoms with van der Waals surface area (Å²) in [6.07, 6.45) is 39.3. The molecular weight excluding hydrogens is 901 g/mol. The lowest BCUT2D eigenvalue weighted by Crippen LogP contribution is -2.61. The summed E-state index contributed by atoms with van der Waals surface area (Å²) in [6, 6.07) is 0. The molecule has 0 aromatic carbocycles. The first-order valence-corrected chi connectivity index (χ1v) is 30.0. The molecule has 0 amide bonds. The van der Waals surface area contributed by atoms with E-state index in [0.717, 1.165) is 57.8 Å². The van der Waals surface area contributed by atoms with Crippen molar-refractivity contribution < 1.29 is 58.2 Å². The highest BCUT2D eigenvalue weighted by atomic mass is 16.7. The number of ether oxygens (including phenoxy) is 5. The van der Waals surface area contributed by atoms with Crippen LogP contribution in [-0.2, 0) is 42.9 Å². The zero-order valence-corrected chi connectivity index (χ0v) is 46.0. The standard InChI is InChI=1S/C59H110O12/c1-4-7-10-13-16-19-22-24-25-26-27-29-32-35-38-41-44-47-53(62)70-57-55(64)54(63)56(58(65)66)71-59(57)68-49-50(69-52(61)46-43-40-37-34-30-21-18-15-12-9-6-3)48-67-51(60)45-42-39-36-33-31-28-23-20-17-14-11-8-5-2/h50,54-57,59,63-64H,4-49H2,1-3H3,(H,65,66). The van der Waals surface area contributed by atoms with Gasteiger partial charge in [-0.3, -0.25) is 14.4 Å². The van der Waals surface area contributed by atoms with Crippen molar-refractivity contribution in [1.29, 1.82) is 0 Å². The third kappa shape index (κ3) is 38.9. The molecule has 418 valence electrons. The predicted octanol–water partition coefficient (Wildman–Crippen LogP) is 15.1. The molecule has 1 fully saturated rings. The van der Waals surface area contributed by atoms with E-state index in [0.29, 0.717) is 19.3 Å². The lowest BCUT2D eigenvalue weighted by Gasteiger charge is -2.40. The third-order valence-corrected chi connectivity index (χ3v) is 14.2. The Balaban J connectivity index is 2.64. The molecule has 1 heterocycles. The average Bonchev–Trinajstić information content (AvgIpc) is 3.35. The van der Waals surface area contributed by atoms with Crippen LogP contribution in [0.15, 0.2) is 0 Å². The third-order valence-electron chi connectivity index (χ3n) is 14.2. The van der Waals surface area contributed by atoms with E-state index >= 15 is 0 Å². The van der Waals surface area contributed by atoms with Crippen LogP contribution in [0.5, 0.6) is 0 Å². The Hall–Kier alpha value is -2.28. The Kier molecular flexibility index (Phi) is 45.7. The summed E-state index contributed by atoms with van der Waals surface area (Å²) in [4.78, 5) is 51.0. The molecule has 0 saturated carbocycles. The molecule has 6 unspecified atom stereocenters. The van der Waals surface area contributed by atoms with Crippen LogP contribution in [0.3, 0.4) is 0 Å². The van der Waals surface area contributed by atoms with Gasteiger partial charge in [-0.25, -0.2) is 4.79 Å². The van der Waals surface area contributed by atoms with Crippen molar-refractivity contribution in [3.05, 3.63) is 0 Å². The predicted molar refractivity (Wildman–Crippen MR) is 285 cm³/mol. The highest BCUT2D eigenvalue weighted by Gasteiger charge is 2.50. The Morgan fingerprint density at radius 1 is 0.408 bits per heavy atom. The molecule has 1 saturated heterocycles. The molecule has 12 heteroatoms. The second-order valence-corrected chi connectivity index (χ2v) is 21.0. The number of aliphatic hydroxyl groups excluding tert-OH is 2. The minimum atomic E-state index is -1.89. The van der Waals surface area contributed by atoms with Crippen LogP contribution in [0.1, 0.15) is 303 Å². The van der Waals surface area contributed by atoms with Crippen molar-refractivity contribution in [2.75, 3.05) is 13.2 Å². The molecule has 0 aliphatic carbocycles. The molecule has 3 N–H and O–H groups in total. The fourth-order valence-electron chi connectivity index (χ4n) is 9.55. The molecule has 0 spiro atoms. The SMILES string of the molecule is CCCCCCCCCCCCCCCCCCCC(=O)OC1C(OCC(COC(=O)CCCCCCCCCCCCCCC)OC(=O)CCCCCCCCCCCCC)OC(C(=O)O)C(O)C1O. The maximum absolute atomic E-state index is 13.1. The van der Waals surface area contributed by atoms with Gasteiger partial charge < -0.3 is 39.0 Å². The van der Waals surface area contributed by atoms with Gasteiger partial charge in [0.1, 0.15) is 18.8 Å². The minimum Gasteiger partial charge on any atom is -0.479 e. The summed E-state index contributed by atoms with van der Waals surface area (Å²) >= 11 is 0. The van der Waals surface area contributed by atoms with Crippen LogP contribution < -0.4 is 0 Å². The first-order chi connectivity index (χ1) is 34.6. The van der Waals surface area contributed by atoms with Gasteiger partial charge in [-0.15, -0.1) is 0 Å². The number of rotatable bonds is 52. The van der Waals surface area contributed by atoms with Crippen LogP contribution in [0.2, 0.25) is 0 Å². The van der Waals surface area contributed by atoms with Crippen LogP contribution in [0.25, 0.3) is 0 Å². The lowest BCUT2D eigenvalue weighted by atomic mass is 9.98. The van der Waals surface area contributed by atoms with Gasteiger partial charge in [0.05, 0.1) is 6.61 Å². The average molecular weight is 1010 g/mol. The van der Waals surface area contributed by atoms with Crippen LogP contribution >= 0.6 is 0 Å². The monoisotopic (exact) mass is 1010 g/mol. The highest BCUT2D eigenvalue weighted by Crippen LogP contribution is 2.27. The number of hydrogen-bond donors (Lipinski definition) is 3. The van der Waals surface area contributed by atoms with E-state index < -0.39 is 67.3 Å². The summed E-state index contributed by atoms with van der Waals surface area (Å²) in [7, 11) is 0. The second kappa shape index (κ2) is 48.6. The van der Waals surface area contributed by atoms with E-state index in [9.17, 15) is 34.5 Å². The highest BCUT2D eigenvalue weighted by molar-refractivity contribution is 5.74. The Morgan fingerprint density at radius 2 is 0.718 bits per heavy atom. The van der Waals surface area contributed by atoms with Crippen molar-refractivity contribution in [2.45, 2.75) is 340 Å². The summed E-state index contributed by atoms with van der Waals surface area (Å²) in [5.74, 6) is -3.07. The quantitative estimate of drug-likeness (QED) is 0.0299. The molecule has 71 heavy (non-hydrogen) atoms. The minimum absolute atomic E-state index is 0.0709. The molecule has 0 aromatic rings. The van der Waals surface area contributed by atoms with Crippen LogP contribution in [-0.4, -0.2) is 89.2 Å². The van der Waals surface area contributed by atoms with Gasteiger partial charge in [0, 0.05) is 19.3 Å². The topological polar surface area (TPSA) is 175 Å². The van der Waals surface area contributed by atoms with Gasteiger partial charge in [-0.2, -0.15) is 0 Å². The molecule has 1 aliphatic rings. The van der Waals surface area contributed by atoms with Gasteiger partial charge in [0.25, 0.3) is 0 Å². The zero-order valence-electron chi connectivity index (χ0n) is 46.0. The molecule has 6 atom stereocenters. The molecule has 0 bridgehead atoms. The Labute approximate surface area is 433 Å². The van der Waals surface area contributed by atoms with Crippen LogP contribution in [0.4, 0.5) is 0 Å².